The van der Waals surface area contributed by atoms with Crippen molar-refractivity contribution in [2.45, 2.75) is 32.6 Å². The van der Waals surface area contributed by atoms with Crippen molar-refractivity contribution < 1.29 is 9.53 Å². The van der Waals surface area contributed by atoms with E-state index in [1.54, 1.807) is 0 Å². The number of anilines is 1. The highest BCUT2D eigenvalue weighted by molar-refractivity contribution is 7.16. The average molecular weight is 227 g/mol. The molecule has 0 radical (unpaired) electrons. The smallest absolute Gasteiger partial charge is 0.340 e. The van der Waals surface area contributed by atoms with Gasteiger partial charge in [-0.2, -0.15) is 0 Å². The minimum Gasteiger partial charge on any atom is -0.465 e. The maximum atomic E-state index is 11.4. The van der Waals surface area contributed by atoms with Crippen molar-refractivity contribution in [3.63, 3.8) is 0 Å². The maximum absolute atomic E-state index is 11.4. The van der Waals surface area contributed by atoms with Gasteiger partial charge in [0.2, 0.25) is 0 Å². The van der Waals surface area contributed by atoms with E-state index < -0.39 is 0 Å². The van der Waals surface area contributed by atoms with Crippen LogP contribution in [0.25, 0.3) is 0 Å². The van der Waals surface area contributed by atoms with Crippen molar-refractivity contribution in [1.29, 1.82) is 0 Å². The molecular formula is C11H17NO2S. The molecule has 0 amide bonds. The lowest BCUT2D eigenvalue weighted by Gasteiger charge is -2.20. The monoisotopic (exact) mass is 227 g/mol. The quantitative estimate of drug-likeness (QED) is 0.808. The van der Waals surface area contributed by atoms with Gasteiger partial charge >= 0.3 is 5.97 Å². The van der Waals surface area contributed by atoms with Crippen LogP contribution in [0, 0.1) is 0 Å². The second kappa shape index (κ2) is 4.23. The van der Waals surface area contributed by atoms with Crippen LogP contribution in [0.5, 0.6) is 0 Å². The molecule has 0 bridgehead atoms. The van der Waals surface area contributed by atoms with Gasteiger partial charge in [-0.1, -0.05) is 20.8 Å². The van der Waals surface area contributed by atoms with Gasteiger partial charge in [-0.05, 0) is 17.9 Å². The Kier molecular flexibility index (Phi) is 3.39. The van der Waals surface area contributed by atoms with Gasteiger partial charge < -0.3 is 10.5 Å². The summed E-state index contributed by atoms with van der Waals surface area (Å²) in [5, 5.41) is 0.540. The summed E-state index contributed by atoms with van der Waals surface area (Å²) in [5.74, 6) is -0.359. The van der Waals surface area contributed by atoms with Crippen LogP contribution in [0.1, 0.15) is 42.4 Å². The van der Waals surface area contributed by atoms with Crippen LogP contribution in [-0.2, 0) is 10.2 Å². The Balaban J connectivity index is 3.11. The third-order valence-electron chi connectivity index (χ3n) is 2.72. The molecule has 1 heterocycles. The molecule has 15 heavy (non-hydrogen) atoms. The first kappa shape index (κ1) is 12.0. The van der Waals surface area contributed by atoms with Crippen molar-refractivity contribution in [2.75, 3.05) is 12.8 Å². The lowest BCUT2D eigenvalue weighted by Crippen LogP contribution is -2.13. The number of methoxy groups -OCH3 is 1. The van der Waals surface area contributed by atoms with Gasteiger partial charge in [-0.25, -0.2) is 4.79 Å². The van der Waals surface area contributed by atoms with E-state index in [1.807, 2.05) is 6.07 Å². The number of thiophene rings is 1. The highest BCUT2D eigenvalue weighted by Crippen LogP contribution is 2.36. The predicted octanol–water partition coefficient (Wildman–Crippen LogP) is 2.80. The van der Waals surface area contributed by atoms with Crippen LogP contribution in [0.2, 0.25) is 0 Å². The third-order valence-corrected chi connectivity index (χ3v) is 4.05. The number of nitrogen functional groups attached to an aromatic ring is 1. The molecule has 0 atom stereocenters. The zero-order valence-corrected chi connectivity index (χ0v) is 10.4. The highest BCUT2D eigenvalue weighted by Gasteiger charge is 2.24. The Morgan fingerprint density at radius 3 is 2.67 bits per heavy atom. The SMILES string of the molecule is CCC(C)(C)c1cc(C(=O)OC)c(N)s1. The summed E-state index contributed by atoms with van der Waals surface area (Å²) in [6.07, 6.45) is 1.01. The molecule has 0 aliphatic carbocycles. The van der Waals surface area contributed by atoms with Crippen molar-refractivity contribution in [3.05, 3.63) is 16.5 Å². The molecule has 0 aromatic carbocycles. The maximum Gasteiger partial charge on any atom is 0.340 e. The van der Waals surface area contributed by atoms with E-state index in [2.05, 4.69) is 25.5 Å². The zero-order chi connectivity index (χ0) is 11.6. The van der Waals surface area contributed by atoms with Crippen LogP contribution in [0.15, 0.2) is 6.07 Å². The van der Waals surface area contributed by atoms with Crippen LogP contribution >= 0.6 is 11.3 Å². The fourth-order valence-electron chi connectivity index (χ4n) is 1.18. The number of rotatable bonds is 3. The zero-order valence-electron chi connectivity index (χ0n) is 9.59. The number of nitrogens with two attached hydrogens (primary N) is 1. The molecule has 4 heteroatoms. The van der Waals surface area contributed by atoms with E-state index in [-0.39, 0.29) is 11.4 Å². The molecule has 0 spiro atoms. The Bertz CT molecular complexity index is 369. The summed E-state index contributed by atoms with van der Waals surface area (Å²) >= 11 is 1.47. The predicted molar refractivity (Wildman–Crippen MR) is 63.4 cm³/mol. The van der Waals surface area contributed by atoms with Crippen molar-refractivity contribution in [3.8, 4) is 0 Å². The van der Waals surface area contributed by atoms with Crippen LogP contribution < -0.4 is 5.73 Å². The molecule has 3 nitrogen and oxygen atoms in total. The second-order valence-electron chi connectivity index (χ2n) is 4.12. The van der Waals surface area contributed by atoms with Gasteiger partial charge in [0.05, 0.1) is 12.7 Å². The fraction of sp³-hybridized carbons (Fsp3) is 0.545. The van der Waals surface area contributed by atoms with Crippen molar-refractivity contribution >= 4 is 22.3 Å². The first-order chi connectivity index (χ1) is 6.92. The number of esters is 1. The lowest BCUT2D eigenvalue weighted by atomic mass is 9.88. The summed E-state index contributed by atoms with van der Waals surface area (Å²) in [4.78, 5) is 12.5. The molecular weight excluding hydrogens is 210 g/mol. The van der Waals surface area contributed by atoms with Crippen LogP contribution in [-0.4, -0.2) is 13.1 Å². The minimum absolute atomic E-state index is 0.0606. The summed E-state index contributed by atoms with van der Waals surface area (Å²) in [6.45, 7) is 6.40. The normalized spacial score (nSPS) is 11.5. The van der Waals surface area contributed by atoms with Gasteiger partial charge in [-0.3, -0.25) is 0 Å². The molecule has 0 saturated carbocycles. The summed E-state index contributed by atoms with van der Waals surface area (Å²) < 4.78 is 4.66. The molecule has 84 valence electrons. The largest absolute Gasteiger partial charge is 0.465 e. The molecule has 0 saturated heterocycles. The van der Waals surface area contributed by atoms with Crippen molar-refractivity contribution in [1.82, 2.24) is 0 Å². The Morgan fingerprint density at radius 1 is 1.60 bits per heavy atom. The molecule has 1 aromatic rings. The van der Waals surface area contributed by atoms with Gasteiger partial charge in [0.15, 0.2) is 0 Å². The number of carbonyl (C=O) groups excluding carboxylic acids is 1. The van der Waals surface area contributed by atoms with E-state index in [9.17, 15) is 4.79 Å². The summed E-state index contributed by atoms with van der Waals surface area (Å²) in [5.41, 5.74) is 6.33. The van der Waals surface area contributed by atoms with E-state index >= 15 is 0 Å². The van der Waals surface area contributed by atoms with Crippen LogP contribution in [0.4, 0.5) is 5.00 Å². The molecule has 0 unspecified atom stereocenters. The summed E-state index contributed by atoms with van der Waals surface area (Å²) in [6, 6.07) is 1.84. The average Bonchev–Trinajstić information content (AvgIpc) is 2.60. The minimum atomic E-state index is -0.359. The van der Waals surface area contributed by atoms with E-state index in [0.29, 0.717) is 10.6 Å². The van der Waals surface area contributed by atoms with Crippen LogP contribution in [0.3, 0.4) is 0 Å². The number of carbonyl (C=O) groups is 1. The molecule has 0 aliphatic heterocycles. The van der Waals surface area contributed by atoms with Crippen molar-refractivity contribution in [2.24, 2.45) is 0 Å². The van der Waals surface area contributed by atoms with Gasteiger partial charge in [-0.15, -0.1) is 11.3 Å². The second-order valence-corrected chi connectivity index (χ2v) is 5.20. The van der Waals surface area contributed by atoms with Gasteiger partial charge in [0.1, 0.15) is 5.00 Å². The Morgan fingerprint density at radius 2 is 2.20 bits per heavy atom. The number of hydrogen-bond donors (Lipinski definition) is 1. The summed E-state index contributed by atoms with van der Waals surface area (Å²) in [7, 11) is 1.37. The lowest BCUT2D eigenvalue weighted by molar-refractivity contribution is 0.0602. The molecule has 1 rings (SSSR count). The number of hydrogen-bond acceptors (Lipinski definition) is 4. The first-order valence-electron chi connectivity index (χ1n) is 4.90. The highest BCUT2D eigenvalue weighted by atomic mass is 32.1. The number of ether oxygens (including phenoxy) is 1. The van der Waals surface area contributed by atoms with E-state index in [4.69, 9.17) is 5.73 Å². The molecule has 1 aromatic heterocycles. The Labute approximate surface area is 94.2 Å². The van der Waals surface area contributed by atoms with Gasteiger partial charge in [0, 0.05) is 4.88 Å². The Hall–Kier alpha value is -1.03. The van der Waals surface area contributed by atoms with Gasteiger partial charge in [0.25, 0.3) is 0 Å². The molecule has 2 N–H and O–H groups in total. The molecule has 0 fully saturated rings. The third kappa shape index (κ3) is 2.31. The fourth-order valence-corrected chi connectivity index (χ4v) is 2.27. The first-order valence-corrected chi connectivity index (χ1v) is 5.72. The standard InChI is InChI=1S/C11H17NO2S/c1-5-11(2,3)8-6-7(9(12)15-8)10(13)14-4/h6H,5,12H2,1-4H3. The topological polar surface area (TPSA) is 52.3 Å². The van der Waals surface area contributed by atoms with E-state index in [0.717, 1.165) is 11.3 Å². The molecule has 0 aliphatic rings. The van der Waals surface area contributed by atoms with E-state index in [1.165, 1.54) is 18.4 Å².